The Bertz CT molecular complexity index is 340. The van der Waals surface area contributed by atoms with E-state index in [9.17, 15) is 0 Å². The first-order chi connectivity index (χ1) is 8.38. The van der Waals surface area contributed by atoms with E-state index >= 15 is 0 Å². The molecule has 6 nitrogen and oxygen atoms in total. The number of aromatic nitrogens is 2. The number of rotatable bonds is 5. The van der Waals surface area contributed by atoms with Gasteiger partial charge in [-0.1, -0.05) is 0 Å². The number of hydrogen-bond donors (Lipinski definition) is 2. The minimum Gasteiger partial charge on any atom is -0.379 e. The minimum atomic E-state index is 0.828. The molecule has 0 spiro atoms. The van der Waals surface area contributed by atoms with Gasteiger partial charge < -0.3 is 15.4 Å². The predicted octanol–water partition coefficient (Wildman–Crippen LogP) is 0.262. The smallest absolute Gasteiger partial charge is 0.131 e. The van der Waals surface area contributed by atoms with Crippen LogP contribution in [0.1, 0.15) is 0 Å². The Morgan fingerprint density at radius 3 is 2.82 bits per heavy atom. The third kappa shape index (κ3) is 3.83. The van der Waals surface area contributed by atoms with Crippen molar-refractivity contribution in [1.82, 2.24) is 14.9 Å². The van der Waals surface area contributed by atoms with Crippen LogP contribution in [0.5, 0.6) is 0 Å². The molecular weight excluding hydrogens is 218 g/mol. The standard InChI is InChI=1S/C11H19N5O/c1-12-10-8-11(15-9-14-10)13-2-3-16-4-6-17-7-5-16/h8-9H,2-7H2,1H3,(H2,12,13,14,15). The fraction of sp³-hybridized carbons (Fsp3) is 0.636. The van der Waals surface area contributed by atoms with Crippen LogP contribution in [0.25, 0.3) is 0 Å². The molecule has 1 saturated heterocycles. The van der Waals surface area contributed by atoms with Crippen LogP contribution in [0.3, 0.4) is 0 Å². The Balaban J connectivity index is 1.73. The van der Waals surface area contributed by atoms with Gasteiger partial charge in [-0.2, -0.15) is 0 Å². The zero-order chi connectivity index (χ0) is 11.9. The predicted molar refractivity (Wildman–Crippen MR) is 67.3 cm³/mol. The number of nitrogens with one attached hydrogen (secondary N) is 2. The molecule has 2 heterocycles. The summed E-state index contributed by atoms with van der Waals surface area (Å²) in [5.41, 5.74) is 0. The summed E-state index contributed by atoms with van der Waals surface area (Å²) >= 11 is 0. The molecular formula is C11H19N5O. The Labute approximate surface area is 101 Å². The summed E-state index contributed by atoms with van der Waals surface area (Å²) in [6, 6.07) is 1.90. The maximum absolute atomic E-state index is 5.30. The van der Waals surface area contributed by atoms with E-state index in [1.165, 1.54) is 0 Å². The Hall–Kier alpha value is -1.40. The average Bonchev–Trinajstić information content (AvgIpc) is 2.40. The Morgan fingerprint density at radius 1 is 1.29 bits per heavy atom. The molecule has 17 heavy (non-hydrogen) atoms. The average molecular weight is 237 g/mol. The SMILES string of the molecule is CNc1cc(NCCN2CCOCC2)ncn1. The Kier molecular flexibility index (Phi) is 4.52. The molecule has 6 heteroatoms. The highest BCUT2D eigenvalue weighted by atomic mass is 16.5. The van der Waals surface area contributed by atoms with E-state index in [0.717, 1.165) is 51.0 Å². The van der Waals surface area contributed by atoms with Gasteiger partial charge in [-0.15, -0.1) is 0 Å². The van der Waals surface area contributed by atoms with Crippen molar-refractivity contribution in [2.45, 2.75) is 0 Å². The van der Waals surface area contributed by atoms with Crippen LogP contribution in [0, 0.1) is 0 Å². The van der Waals surface area contributed by atoms with Crippen LogP contribution in [-0.2, 0) is 4.74 Å². The summed E-state index contributed by atoms with van der Waals surface area (Å²) in [6.45, 7) is 5.64. The molecule has 0 saturated carbocycles. The maximum Gasteiger partial charge on any atom is 0.131 e. The highest BCUT2D eigenvalue weighted by Gasteiger charge is 2.09. The normalized spacial score (nSPS) is 16.8. The number of morpholine rings is 1. The fourth-order valence-corrected chi connectivity index (χ4v) is 1.76. The quantitative estimate of drug-likeness (QED) is 0.766. The second kappa shape index (κ2) is 6.36. The summed E-state index contributed by atoms with van der Waals surface area (Å²) in [4.78, 5) is 10.6. The van der Waals surface area contributed by atoms with Crippen LogP contribution in [0.15, 0.2) is 12.4 Å². The van der Waals surface area contributed by atoms with Gasteiger partial charge >= 0.3 is 0 Å². The highest BCUT2D eigenvalue weighted by Crippen LogP contribution is 2.07. The van der Waals surface area contributed by atoms with Gasteiger partial charge in [0.05, 0.1) is 13.2 Å². The number of hydrogen-bond acceptors (Lipinski definition) is 6. The third-order valence-electron chi connectivity index (χ3n) is 2.76. The minimum absolute atomic E-state index is 0.828. The molecule has 2 rings (SSSR count). The van der Waals surface area contributed by atoms with Gasteiger partial charge in [0.1, 0.15) is 18.0 Å². The van der Waals surface area contributed by atoms with Crippen molar-refractivity contribution in [2.24, 2.45) is 0 Å². The first-order valence-electron chi connectivity index (χ1n) is 5.92. The van der Waals surface area contributed by atoms with Crippen molar-refractivity contribution >= 4 is 11.6 Å². The summed E-state index contributed by atoms with van der Waals surface area (Å²) in [7, 11) is 1.85. The topological polar surface area (TPSA) is 62.3 Å². The summed E-state index contributed by atoms with van der Waals surface area (Å²) < 4.78 is 5.30. The second-order valence-corrected chi connectivity index (χ2v) is 3.92. The fourth-order valence-electron chi connectivity index (χ4n) is 1.76. The Morgan fingerprint density at radius 2 is 2.06 bits per heavy atom. The van der Waals surface area contributed by atoms with Crippen LogP contribution < -0.4 is 10.6 Å². The van der Waals surface area contributed by atoms with E-state index in [1.807, 2.05) is 13.1 Å². The van der Waals surface area contributed by atoms with E-state index in [-0.39, 0.29) is 0 Å². The van der Waals surface area contributed by atoms with Crippen LogP contribution in [0.4, 0.5) is 11.6 Å². The van der Waals surface area contributed by atoms with Gasteiger partial charge in [-0.05, 0) is 0 Å². The molecule has 1 aromatic heterocycles. The molecule has 0 bridgehead atoms. The van der Waals surface area contributed by atoms with Gasteiger partial charge in [-0.3, -0.25) is 4.90 Å². The largest absolute Gasteiger partial charge is 0.379 e. The maximum atomic E-state index is 5.30. The molecule has 0 amide bonds. The second-order valence-electron chi connectivity index (χ2n) is 3.92. The van der Waals surface area contributed by atoms with Crippen molar-refractivity contribution in [3.8, 4) is 0 Å². The van der Waals surface area contributed by atoms with Crippen molar-refractivity contribution in [3.05, 3.63) is 12.4 Å². The molecule has 94 valence electrons. The van der Waals surface area contributed by atoms with Crippen molar-refractivity contribution in [2.75, 3.05) is 57.1 Å². The molecule has 1 fully saturated rings. The zero-order valence-electron chi connectivity index (χ0n) is 10.1. The molecule has 0 unspecified atom stereocenters. The van der Waals surface area contributed by atoms with Crippen molar-refractivity contribution in [3.63, 3.8) is 0 Å². The van der Waals surface area contributed by atoms with Gasteiger partial charge in [0.25, 0.3) is 0 Å². The first kappa shape index (κ1) is 12.1. The van der Waals surface area contributed by atoms with E-state index in [1.54, 1.807) is 6.33 Å². The lowest BCUT2D eigenvalue weighted by atomic mass is 10.4. The molecule has 0 aliphatic carbocycles. The van der Waals surface area contributed by atoms with Crippen molar-refractivity contribution < 1.29 is 4.74 Å². The van der Waals surface area contributed by atoms with Crippen LogP contribution in [0.2, 0.25) is 0 Å². The van der Waals surface area contributed by atoms with E-state index in [0.29, 0.717) is 0 Å². The van der Waals surface area contributed by atoms with E-state index < -0.39 is 0 Å². The number of nitrogens with zero attached hydrogens (tertiary/aromatic N) is 3. The molecule has 1 aliphatic rings. The highest BCUT2D eigenvalue weighted by molar-refractivity contribution is 5.45. The molecule has 0 atom stereocenters. The monoisotopic (exact) mass is 237 g/mol. The van der Waals surface area contributed by atoms with Gasteiger partial charge in [0.15, 0.2) is 0 Å². The lowest BCUT2D eigenvalue weighted by Crippen LogP contribution is -2.39. The van der Waals surface area contributed by atoms with Crippen LogP contribution in [-0.4, -0.2) is 61.3 Å². The lowest BCUT2D eigenvalue weighted by Gasteiger charge is -2.26. The summed E-state index contributed by atoms with van der Waals surface area (Å²) in [6.07, 6.45) is 1.56. The van der Waals surface area contributed by atoms with Gasteiger partial charge in [-0.25, -0.2) is 9.97 Å². The first-order valence-corrected chi connectivity index (χ1v) is 5.92. The van der Waals surface area contributed by atoms with Crippen LogP contribution >= 0.6 is 0 Å². The van der Waals surface area contributed by atoms with E-state index in [4.69, 9.17) is 4.74 Å². The molecule has 1 aromatic rings. The van der Waals surface area contributed by atoms with Gasteiger partial charge in [0, 0.05) is 39.3 Å². The number of anilines is 2. The molecule has 1 aliphatic heterocycles. The summed E-state index contributed by atoms with van der Waals surface area (Å²) in [5.74, 6) is 1.69. The molecule has 0 radical (unpaired) electrons. The van der Waals surface area contributed by atoms with E-state index in [2.05, 4.69) is 25.5 Å². The molecule has 0 aromatic carbocycles. The lowest BCUT2D eigenvalue weighted by molar-refractivity contribution is 0.0398. The molecule has 2 N–H and O–H groups in total. The van der Waals surface area contributed by atoms with Crippen molar-refractivity contribution in [1.29, 1.82) is 0 Å². The van der Waals surface area contributed by atoms with Gasteiger partial charge in [0.2, 0.25) is 0 Å². The summed E-state index contributed by atoms with van der Waals surface area (Å²) in [5, 5.41) is 6.28. The third-order valence-corrected chi connectivity index (χ3v) is 2.76. The zero-order valence-corrected chi connectivity index (χ0v) is 10.1. The number of ether oxygens (including phenoxy) is 1.